The summed E-state index contributed by atoms with van der Waals surface area (Å²) in [7, 11) is -3.90. The molecule has 1 aromatic rings. The lowest BCUT2D eigenvalue weighted by molar-refractivity contribution is -0.136. The minimum atomic E-state index is -3.90. The fraction of sp³-hybridized carbons (Fsp3) is 0.300. The van der Waals surface area contributed by atoms with Crippen LogP contribution in [0.5, 0.6) is 0 Å². The van der Waals surface area contributed by atoms with E-state index >= 15 is 0 Å². The van der Waals surface area contributed by atoms with Crippen LogP contribution in [-0.2, 0) is 14.8 Å². The quantitative estimate of drug-likeness (QED) is 0.854. The van der Waals surface area contributed by atoms with Crippen LogP contribution in [0, 0.1) is 12.7 Å². The van der Waals surface area contributed by atoms with E-state index < -0.39 is 21.8 Å². The predicted molar refractivity (Wildman–Crippen MR) is 66.3 cm³/mol. The van der Waals surface area contributed by atoms with Gasteiger partial charge in [-0.3, -0.25) is 4.79 Å². The molecule has 0 aromatic heterocycles. The van der Waals surface area contributed by atoms with Crippen molar-refractivity contribution < 1.29 is 22.7 Å². The molecule has 0 saturated carbocycles. The number of benzene rings is 1. The van der Waals surface area contributed by atoms with Crippen molar-refractivity contribution in [1.82, 2.24) is 4.72 Å². The number of nitrogens with one attached hydrogen (secondary N) is 1. The maximum atomic E-state index is 13.3. The fourth-order valence-corrected chi connectivity index (χ4v) is 3.01. The van der Waals surface area contributed by atoms with Gasteiger partial charge in [0.15, 0.2) is 0 Å². The molecule has 0 aliphatic heterocycles. The number of carbonyl (C=O) groups is 1. The third-order valence-corrected chi connectivity index (χ3v) is 4.35. The van der Waals surface area contributed by atoms with Crippen molar-refractivity contribution in [3.05, 3.63) is 28.0 Å². The van der Waals surface area contributed by atoms with Gasteiger partial charge in [-0.15, -0.1) is 0 Å². The Balaban J connectivity index is 2.98. The Kier molecular flexibility index (Phi) is 4.83. The van der Waals surface area contributed by atoms with Gasteiger partial charge in [0.05, 0.1) is 15.8 Å². The van der Waals surface area contributed by atoms with Crippen LogP contribution in [0.25, 0.3) is 0 Å². The van der Waals surface area contributed by atoms with Gasteiger partial charge in [-0.05, 0) is 40.5 Å². The Morgan fingerprint density at radius 3 is 2.67 bits per heavy atom. The lowest BCUT2D eigenvalue weighted by atomic mass is 10.2. The SMILES string of the molecule is Cc1cc(Br)c(F)cc1S(=O)(=O)NCCC(=O)O. The fourth-order valence-electron chi connectivity index (χ4n) is 1.29. The molecular weight excluding hydrogens is 329 g/mol. The summed E-state index contributed by atoms with van der Waals surface area (Å²) in [6.07, 6.45) is -0.336. The van der Waals surface area contributed by atoms with Crippen molar-refractivity contribution in [2.45, 2.75) is 18.2 Å². The molecule has 0 spiro atoms. The molecule has 1 aromatic carbocycles. The van der Waals surface area contributed by atoms with Crippen LogP contribution in [-0.4, -0.2) is 26.0 Å². The summed E-state index contributed by atoms with van der Waals surface area (Å²) in [6, 6.07) is 2.24. The van der Waals surface area contributed by atoms with E-state index in [2.05, 4.69) is 20.7 Å². The van der Waals surface area contributed by atoms with Crippen molar-refractivity contribution >= 4 is 31.9 Å². The molecule has 100 valence electrons. The van der Waals surface area contributed by atoms with E-state index in [4.69, 9.17) is 5.11 Å². The molecular formula is C10H11BrFNO4S. The van der Waals surface area contributed by atoms with Crippen molar-refractivity contribution in [3.8, 4) is 0 Å². The number of rotatable bonds is 5. The molecule has 0 bridgehead atoms. The first-order valence-electron chi connectivity index (χ1n) is 4.91. The number of aryl methyl sites for hydroxylation is 1. The van der Waals surface area contributed by atoms with Crippen LogP contribution in [0.2, 0.25) is 0 Å². The molecule has 0 radical (unpaired) electrons. The zero-order valence-electron chi connectivity index (χ0n) is 9.41. The lowest BCUT2D eigenvalue weighted by Crippen LogP contribution is -2.27. The van der Waals surface area contributed by atoms with Crippen LogP contribution in [0.3, 0.4) is 0 Å². The number of carboxylic acid groups (broad SMARTS) is 1. The van der Waals surface area contributed by atoms with Crippen LogP contribution < -0.4 is 4.72 Å². The molecule has 2 N–H and O–H groups in total. The van der Waals surface area contributed by atoms with Gasteiger partial charge in [0, 0.05) is 6.54 Å². The zero-order valence-corrected chi connectivity index (χ0v) is 11.8. The van der Waals surface area contributed by atoms with Gasteiger partial charge in [0.2, 0.25) is 10.0 Å². The molecule has 5 nitrogen and oxygen atoms in total. The Bertz CT molecular complexity index is 573. The summed E-state index contributed by atoms with van der Waals surface area (Å²) in [6.45, 7) is 1.28. The van der Waals surface area contributed by atoms with Crippen molar-refractivity contribution in [2.24, 2.45) is 0 Å². The number of hydrogen-bond donors (Lipinski definition) is 2. The second-order valence-electron chi connectivity index (χ2n) is 3.57. The Labute approximate surface area is 112 Å². The number of aliphatic carboxylic acids is 1. The van der Waals surface area contributed by atoms with Gasteiger partial charge in [-0.1, -0.05) is 0 Å². The molecule has 0 saturated heterocycles. The number of halogens is 2. The highest BCUT2D eigenvalue weighted by molar-refractivity contribution is 9.10. The summed E-state index contributed by atoms with van der Waals surface area (Å²) in [5, 5.41) is 8.41. The average molecular weight is 340 g/mol. The minimum Gasteiger partial charge on any atom is -0.481 e. The van der Waals surface area contributed by atoms with Gasteiger partial charge < -0.3 is 5.11 Å². The zero-order chi connectivity index (χ0) is 13.9. The average Bonchev–Trinajstić information content (AvgIpc) is 2.22. The first-order valence-corrected chi connectivity index (χ1v) is 7.19. The molecule has 1 rings (SSSR count). The molecule has 0 fully saturated rings. The normalized spacial score (nSPS) is 11.5. The summed E-state index contributed by atoms with van der Waals surface area (Å²) in [5.41, 5.74) is 0.367. The first kappa shape index (κ1) is 15.1. The molecule has 0 aliphatic carbocycles. The van der Waals surface area contributed by atoms with E-state index in [1.807, 2.05) is 0 Å². The number of carboxylic acids is 1. The topological polar surface area (TPSA) is 83.5 Å². The summed E-state index contributed by atoms with van der Waals surface area (Å²) < 4.78 is 39.2. The highest BCUT2D eigenvalue weighted by Gasteiger charge is 2.18. The largest absolute Gasteiger partial charge is 0.481 e. The van der Waals surface area contributed by atoms with Crippen molar-refractivity contribution in [2.75, 3.05) is 6.54 Å². The third kappa shape index (κ3) is 3.76. The molecule has 8 heteroatoms. The highest BCUT2D eigenvalue weighted by Crippen LogP contribution is 2.23. The maximum absolute atomic E-state index is 13.3. The summed E-state index contributed by atoms with van der Waals surface area (Å²) >= 11 is 2.95. The number of sulfonamides is 1. The Morgan fingerprint density at radius 1 is 1.50 bits per heavy atom. The van der Waals surface area contributed by atoms with Crippen LogP contribution in [0.4, 0.5) is 4.39 Å². The Morgan fingerprint density at radius 2 is 2.11 bits per heavy atom. The second kappa shape index (κ2) is 5.77. The smallest absolute Gasteiger partial charge is 0.304 e. The first-order chi connectivity index (χ1) is 8.24. The standard InChI is InChI=1S/C10H11BrFNO4S/c1-6-4-7(11)8(12)5-9(6)18(16,17)13-3-2-10(14)15/h4-5,13H,2-3H2,1H3,(H,14,15). The van der Waals surface area contributed by atoms with E-state index in [0.29, 0.717) is 5.56 Å². The number of hydrogen-bond acceptors (Lipinski definition) is 3. The van der Waals surface area contributed by atoms with E-state index in [9.17, 15) is 17.6 Å². The molecule has 0 aliphatic rings. The summed E-state index contributed by atoms with van der Waals surface area (Å²) in [5.74, 6) is -1.81. The van der Waals surface area contributed by atoms with Gasteiger partial charge in [0.25, 0.3) is 0 Å². The van der Waals surface area contributed by atoms with Crippen LogP contribution in [0.15, 0.2) is 21.5 Å². The third-order valence-electron chi connectivity index (χ3n) is 2.14. The van der Waals surface area contributed by atoms with E-state index in [1.165, 1.54) is 13.0 Å². The molecule has 0 amide bonds. The van der Waals surface area contributed by atoms with E-state index in [1.54, 1.807) is 0 Å². The van der Waals surface area contributed by atoms with Crippen LogP contribution in [0.1, 0.15) is 12.0 Å². The van der Waals surface area contributed by atoms with Gasteiger partial charge in [-0.2, -0.15) is 0 Å². The van der Waals surface area contributed by atoms with Gasteiger partial charge in [-0.25, -0.2) is 17.5 Å². The van der Waals surface area contributed by atoms with Crippen LogP contribution >= 0.6 is 15.9 Å². The highest BCUT2D eigenvalue weighted by atomic mass is 79.9. The maximum Gasteiger partial charge on any atom is 0.304 e. The Hall–Kier alpha value is -0.990. The molecule has 18 heavy (non-hydrogen) atoms. The minimum absolute atomic E-state index is 0.171. The van der Waals surface area contributed by atoms with E-state index in [0.717, 1.165) is 6.07 Å². The molecule has 0 atom stereocenters. The van der Waals surface area contributed by atoms with Crippen molar-refractivity contribution in [3.63, 3.8) is 0 Å². The second-order valence-corrected chi connectivity index (χ2v) is 6.16. The van der Waals surface area contributed by atoms with E-state index in [-0.39, 0.29) is 22.3 Å². The van der Waals surface area contributed by atoms with Gasteiger partial charge >= 0.3 is 5.97 Å². The predicted octanol–water partition coefficient (Wildman–Crippen LogP) is 1.65. The molecule has 0 unspecified atom stereocenters. The summed E-state index contributed by atoms with van der Waals surface area (Å²) in [4.78, 5) is 10.1. The lowest BCUT2D eigenvalue weighted by Gasteiger charge is -2.09. The van der Waals surface area contributed by atoms with Crippen molar-refractivity contribution in [1.29, 1.82) is 0 Å². The molecule has 0 heterocycles. The van der Waals surface area contributed by atoms with Gasteiger partial charge in [0.1, 0.15) is 5.82 Å². The monoisotopic (exact) mass is 339 g/mol.